The molecule has 4 aromatic heterocycles. The fourth-order valence-electron chi connectivity index (χ4n) is 4.69. The normalized spacial score (nSPS) is 15.5. The van der Waals surface area contributed by atoms with E-state index in [0.717, 1.165) is 40.6 Å². The van der Waals surface area contributed by atoms with E-state index in [9.17, 15) is 5.11 Å². The lowest BCUT2D eigenvalue weighted by molar-refractivity contribution is 0.182. The maximum absolute atomic E-state index is 11.0. The number of nitrogens with one attached hydrogen (secondary N) is 1. The number of H-pyrrole nitrogens is 1. The molecule has 6 rings (SSSR count). The van der Waals surface area contributed by atoms with Crippen molar-refractivity contribution in [3.63, 3.8) is 0 Å². The summed E-state index contributed by atoms with van der Waals surface area (Å²) in [5.41, 5.74) is 3.62. The third kappa shape index (κ3) is 2.92. The number of aromatic nitrogens is 4. The van der Waals surface area contributed by atoms with Crippen LogP contribution >= 0.6 is 11.3 Å². The summed E-state index contributed by atoms with van der Waals surface area (Å²) in [5.74, 6) is 3.27. The van der Waals surface area contributed by atoms with Gasteiger partial charge in [0.05, 0.1) is 12.0 Å². The number of rotatable bonds is 4. The Labute approximate surface area is 188 Å². The maximum Gasteiger partial charge on any atom is 0.230 e. The van der Waals surface area contributed by atoms with Crippen molar-refractivity contribution in [3.8, 4) is 11.6 Å². The molecule has 0 fully saturated rings. The van der Waals surface area contributed by atoms with Gasteiger partial charge in [-0.1, -0.05) is 11.3 Å². The van der Waals surface area contributed by atoms with Crippen LogP contribution in [0.15, 0.2) is 34.7 Å². The summed E-state index contributed by atoms with van der Waals surface area (Å²) >= 11 is 1.45. The molecule has 1 aliphatic rings. The van der Waals surface area contributed by atoms with Crippen molar-refractivity contribution in [1.82, 2.24) is 24.5 Å². The zero-order chi connectivity index (χ0) is 22.0. The summed E-state index contributed by atoms with van der Waals surface area (Å²) in [7, 11) is 1.69. The van der Waals surface area contributed by atoms with Crippen LogP contribution in [0.5, 0.6) is 11.6 Å². The van der Waals surface area contributed by atoms with Crippen molar-refractivity contribution in [1.29, 1.82) is 0 Å². The fraction of sp³-hybridized carbons (Fsp3) is 0.304. The molecule has 0 amide bonds. The predicted octanol–water partition coefficient (Wildman–Crippen LogP) is 4.34. The number of fused-ring (bicyclic) bond motifs is 4. The van der Waals surface area contributed by atoms with Gasteiger partial charge in [-0.25, -0.2) is 4.98 Å². The minimum Gasteiger partial charge on any atom is -0.497 e. The molecule has 5 aromatic rings. The molecule has 1 aliphatic heterocycles. The number of methoxy groups -OCH3 is 1. The second kappa shape index (κ2) is 7.11. The second-order valence-electron chi connectivity index (χ2n) is 8.21. The number of furan rings is 1. The first-order chi connectivity index (χ1) is 15.5. The SMILES string of the molecule is COc1ccc2[nH]c3c(c2c1)CCN([C@@H](c1ccc(C)o1)c1sc2nc(C)nn2c1O)C3. The van der Waals surface area contributed by atoms with Crippen LogP contribution in [-0.4, -0.2) is 43.2 Å². The molecular formula is C23H23N5O3S. The molecule has 0 spiro atoms. The lowest BCUT2D eigenvalue weighted by atomic mass is 10.0. The van der Waals surface area contributed by atoms with Gasteiger partial charge in [0.25, 0.3) is 0 Å². The van der Waals surface area contributed by atoms with Gasteiger partial charge >= 0.3 is 0 Å². The van der Waals surface area contributed by atoms with Crippen molar-refractivity contribution in [2.45, 2.75) is 32.9 Å². The van der Waals surface area contributed by atoms with E-state index in [4.69, 9.17) is 9.15 Å². The number of aromatic hydroxyl groups is 1. The Hall–Kier alpha value is -3.30. The van der Waals surface area contributed by atoms with Crippen LogP contribution in [0.3, 0.4) is 0 Å². The number of nitrogens with zero attached hydrogens (tertiary/aromatic N) is 4. The number of aromatic amines is 1. The Morgan fingerprint density at radius 3 is 2.88 bits per heavy atom. The summed E-state index contributed by atoms with van der Waals surface area (Å²) in [4.78, 5) is 11.8. The van der Waals surface area contributed by atoms with Gasteiger partial charge in [0.15, 0.2) is 0 Å². The molecule has 0 saturated heterocycles. The molecule has 2 N–H and O–H groups in total. The van der Waals surface area contributed by atoms with Gasteiger partial charge < -0.3 is 19.2 Å². The highest BCUT2D eigenvalue weighted by atomic mass is 32.1. The van der Waals surface area contributed by atoms with Gasteiger partial charge in [-0.2, -0.15) is 4.52 Å². The molecule has 0 unspecified atom stereocenters. The monoisotopic (exact) mass is 449 g/mol. The minimum atomic E-state index is -0.230. The Morgan fingerprint density at radius 1 is 1.25 bits per heavy atom. The minimum absolute atomic E-state index is 0.122. The largest absolute Gasteiger partial charge is 0.497 e. The van der Waals surface area contributed by atoms with E-state index in [2.05, 4.69) is 32.1 Å². The van der Waals surface area contributed by atoms with Crippen LogP contribution in [0.2, 0.25) is 0 Å². The van der Waals surface area contributed by atoms with E-state index in [1.807, 2.05) is 32.0 Å². The standard InChI is InChI=1S/C23H23N5O3S/c1-12-4-7-19(31-12)20(21-22(29)28-23(32-21)24-13(2)26-28)27-9-8-15-16-10-14(30-3)5-6-17(16)25-18(15)11-27/h4-7,10,20,25,29H,8-9,11H2,1-3H3/t20-/m0/s1. The highest BCUT2D eigenvalue weighted by molar-refractivity contribution is 7.17. The zero-order valence-electron chi connectivity index (χ0n) is 18.0. The van der Waals surface area contributed by atoms with Gasteiger partial charge in [0.2, 0.25) is 10.8 Å². The molecule has 0 saturated carbocycles. The first-order valence-electron chi connectivity index (χ1n) is 10.5. The smallest absolute Gasteiger partial charge is 0.230 e. The highest BCUT2D eigenvalue weighted by Gasteiger charge is 2.34. The first-order valence-corrected chi connectivity index (χ1v) is 11.4. The number of aryl methyl sites for hydroxylation is 2. The maximum atomic E-state index is 11.0. The number of thiazole rings is 1. The van der Waals surface area contributed by atoms with Crippen molar-refractivity contribution in [3.05, 3.63) is 63.8 Å². The first kappa shape index (κ1) is 19.4. The van der Waals surface area contributed by atoms with Crippen LogP contribution in [0.1, 0.15) is 39.5 Å². The molecule has 8 nitrogen and oxygen atoms in total. The number of benzene rings is 1. The van der Waals surface area contributed by atoms with Crippen LogP contribution in [-0.2, 0) is 13.0 Å². The molecule has 9 heteroatoms. The number of hydrogen-bond donors (Lipinski definition) is 2. The van der Waals surface area contributed by atoms with Crippen LogP contribution < -0.4 is 4.74 Å². The topological polar surface area (TPSA) is 91.8 Å². The average molecular weight is 450 g/mol. The summed E-state index contributed by atoms with van der Waals surface area (Å²) < 4.78 is 13.0. The van der Waals surface area contributed by atoms with Crippen LogP contribution in [0.4, 0.5) is 0 Å². The molecular weight excluding hydrogens is 426 g/mol. The molecule has 5 heterocycles. The van der Waals surface area contributed by atoms with E-state index in [1.54, 1.807) is 7.11 Å². The number of hydrogen-bond acceptors (Lipinski definition) is 7. The van der Waals surface area contributed by atoms with Gasteiger partial charge in [-0.3, -0.25) is 4.90 Å². The molecule has 1 atom stereocenters. The summed E-state index contributed by atoms with van der Waals surface area (Å²) in [6.45, 7) is 5.30. The lowest BCUT2D eigenvalue weighted by Gasteiger charge is -2.32. The third-order valence-electron chi connectivity index (χ3n) is 6.16. The zero-order valence-corrected chi connectivity index (χ0v) is 18.9. The Kier molecular flexibility index (Phi) is 4.31. The quantitative estimate of drug-likeness (QED) is 0.424. The number of ether oxygens (including phenoxy) is 1. The highest BCUT2D eigenvalue weighted by Crippen LogP contribution is 2.42. The second-order valence-corrected chi connectivity index (χ2v) is 9.22. The van der Waals surface area contributed by atoms with Crippen molar-refractivity contribution >= 4 is 27.2 Å². The molecule has 0 aliphatic carbocycles. The molecule has 1 aromatic carbocycles. The van der Waals surface area contributed by atoms with Crippen LogP contribution in [0, 0.1) is 13.8 Å². The molecule has 0 radical (unpaired) electrons. The Balaban J connectivity index is 1.44. The third-order valence-corrected chi connectivity index (χ3v) is 7.23. The van der Waals surface area contributed by atoms with Gasteiger partial charge in [-0.15, -0.1) is 5.10 Å². The van der Waals surface area contributed by atoms with E-state index in [-0.39, 0.29) is 11.9 Å². The molecule has 32 heavy (non-hydrogen) atoms. The fourth-order valence-corrected chi connectivity index (χ4v) is 5.83. The summed E-state index contributed by atoms with van der Waals surface area (Å²) in [6, 6.07) is 9.87. The van der Waals surface area contributed by atoms with Crippen molar-refractivity contribution < 1.29 is 14.3 Å². The summed E-state index contributed by atoms with van der Waals surface area (Å²) in [5, 5.41) is 16.6. The summed E-state index contributed by atoms with van der Waals surface area (Å²) in [6.07, 6.45) is 0.888. The van der Waals surface area contributed by atoms with Crippen molar-refractivity contribution in [2.24, 2.45) is 0 Å². The van der Waals surface area contributed by atoms with Gasteiger partial charge in [0.1, 0.15) is 29.1 Å². The Bertz CT molecular complexity index is 1460. The van der Waals surface area contributed by atoms with E-state index < -0.39 is 0 Å². The van der Waals surface area contributed by atoms with Crippen molar-refractivity contribution in [2.75, 3.05) is 13.7 Å². The molecule has 164 valence electrons. The molecule has 0 bridgehead atoms. The average Bonchev–Trinajstić information content (AvgIpc) is 3.53. The predicted molar refractivity (Wildman–Crippen MR) is 122 cm³/mol. The van der Waals surface area contributed by atoms with E-state index in [1.165, 1.54) is 32.5 Å². The van der Waals surface area contributed by atoms with Gasteiger partial charge in [0, 0.05) is 29.7 Å². The Morgan fingerprint density at radius 2 is 2.12 bits per heavy atom. The van der Waals surface area contributed by atoms with Gasteiger partial charge in [-0.05, 0) is 56.2 Å². The van der Waals surface area contributed by atoms with Crippen LogP contribution in [0.25, 0.3) is 15.9 Å². The lowest BCUT2D eigenvalue weighted by Crippen LogP contribution is -2.34. The van der Waals surface area contributed by atoms with E-state index >= 15 is 0 Å². The van der Waals surface area contributed by atoms with E-state index in [0.29, 0.717) is 17.3 Å².